The van der Waals surface area contributed by atoms with E-state index in [-0.39, 0.29) is 5.75 Å². The molecule has 0 atom stereocenters. The van der Waals surface area contributed by atoms with E-state index < -0.39 is 10.0 Å². The lowest BCUT2D eigenvalue weighted by Gasteiger charge is -2.26. The van der Waals surface area contributed by atoms with E-state index in [4.69, 9.17) is 11.6 Å². The third-order valence-corrected chi connectivity index (χ3v) is 5.58. The molecule has 1 heterocycles. The van der Waals surface area contributed by atoms with Gasteiger partial charge in [-0.2, -0.15) is 0 Å². The van der Waals surface area contributed by atoms with Gasteiger partial charge in [0.1, 0.15) is 0 Å². The lowest BCUT2D eigenvalue weighted by atomic mass is 10.3. The van der Waals surface area contributed by atoms with E-state index in [9.17, 15) is 8.42 Å². The quantitative estimate of drug-likeness (QED) is 0.814. The zero-order chi connectivity index (χ0) is 14.6. The Morgan fingerprint density at radius 3 is 2.70 bits per heavy atom. The van der Waals surface area contributed by atoms with Gasteiger partial charge in [-0.15, -0.1) is 0 Å². The Kier molecular flexibility index (Phi) is 5.68. The fourth-order valence-corrected chi connectivity index (χ4v) is 3.49. The molecule has 0 bridgehead atoms. The van der Waals surface area contributed by atoms with Crippen LogP contribution in [0.5, 0.6) is 0 Å². The molecule has 2 rings (SSSR count). The third-order valence-electron chi connectivity index (χ3n) is 3.08. The fraction of sp³-hybridized carbons (Fsp3) is 0.500. The van der Waals surface area contributed by atoms with Crippen LogP contribution in [0, 0.1) is 0 Å². The zero-order valence-corrected chi connectivity index (χ0v) is 14.1. The van der Waals surface area contributed by atoms with Gasteiger partial charge in [0.15, 0.2) is 0 Å². The molecule has 0 radical (unpaired) electrons. The standard InChI is InChI=1S/C12H17BrClN3O2S/c13-11-2-1-10(9-12(11)14)16-20(18,19)8-7-17-5-3-15-4-6-17/h1-2,9,15-16H,3-8H2. The summed E-state index contributed by atoms with van der Waals surface area (Å²) < 4.78 is 27.4. The van der Waals surface area contributed by atoms with Gasteiger partial charge in [-0.1, -0.05) is 11.6 Å². The molecule has 0 aromatic heterocycles. The summed E-state index contributed by atoms with van der Waals surface area (Å²) >= 11 is 9.21. The first kappa shape index (κ1) is 16.0. The summed E-state index contributed by atoms with van der Waals surface area (Å²) in [6.07, 6.45) is 0. The van der Waals surface area contributed by atoms with Crippen molar-refractivity contribution in [3.8, 4) is 0 Å². The number of halogens is 2. The van der Waals surface area contributed by atoms with Crippen molar-refractivity contribution in [3.63, 3.8) is 0 Å². The minimum atomic E-state index is -3.35. The van der Waals surface area contributed by atoms with Crippen LogP contribution in [0.25, 0.3) is 0 Å². The third kappa shape index (κ3) is 4.89. The molecule has 20 heavy (non-hydrogen) atoms. The average Bonchev–Trinajstić information content (AvgIpc) is 2.42. The van der Waals surface area contributed by atoms with Crippen LogP contribution in [0.1, 0.15) is 0 Å². The van der Waals surface area contributed by atoms with Crippen molar-refractivity contribution in [2.45, 2.75) is 0 Å². The summed E-state index contributed by atoms with van der Waals surface area (Å²) in [6, 6.07) is 4.99. The van der Waals surface area contributed by atoms with Crippen molar-refractivity contribution < 1.29 is 8.42 Å². The number of hydrogen-bond donors (Lipinski definition) is 2. The van der Waals surface area contributed by atoms with Crippen LogP contribution in [-0.4, -0.2) is 51.8 Å². The summed E-state index contributed by atoms with van der Waals surface area (Å²) in [5.41, 5.74) is 0.485. The average molecular weight is 383 g/mol. The van der Waals surface area contributed by atoms with E-state index in [1.54, 1.807) is 18.2 Å². The van der Waals surface area contributed by atoms with Crippen molar-refractivity contribution in [2.24, 2.45) is 0 Å². The first-order chi connectivity index (χ1) is 9.46. The first-order valence-corrected chi connectivity index (χ1v) is 9.17. The number of rotatable bonds is 5. The minimum Gasteiger partial charge on any atom is -0.314 e. The maximum absolute atomic E-state index is 12.0. The van der Waals surface area contributed by atoms with E-state index in [0.717, 1.165) is 30.7 Å². The molecule has 1 aromatic rings. The van der Waals surface area contributed by atoms with Crippen molar-refractivity contribution in [3.05, 3.63) is 27.7 Å². The molecule has 1 saturated heterocycles. The molecule has 8 heteroatoms. The van der Waals surface area contributed by atoms with Gasteiger partial charge in [-0.25, -0.2) is 8.42 Å². The Morgan fingerprint density at radius 2 is 2.05 bits per heavy atom. The predicted molar refractivity (Wildman–Crippen MR) is 85.9 cm³/mol. The van der Waals surface area contributed by atoms with Crippen LogP contribution < -0.4 is 10.0 Å². The highest BCUT2D eigenvalue weighted by atomic mass is 79.9. The van der Waals surface area contributed by atoms with Gasteiger partial charge >= 0.3 is 0 Å². The molecule has 0 unspecified atom stereocenters. The Balaban J connectivity index is 1.91. The smallest absolute Gasteiger partial charge is 0.233 e. The largest absolute Gasteiger partial charge is 0.314 e. The van der Waals surface area contributed by atoms with Crippen molar-refractivity contribution >= 4 is 43.2 Å². The van der Waals surface area contributed by atoms with Gasteiger partial charge in [0.05, 0.1) is 16.5 Å². The van der Waals surface area contributed by atoms with Crippen LogP contribution in [0.4, 0.5) is 5.69 Å². The maximum atomic E-state index is 12.0. The minimum absolute atomic E-state index is 0.0840. The summed E-state index contributed by atoms with van der Waals surface area (Å²) in [6.45, 7) is 4.14. The molecule has 1 fully saturated rings. The second-order valence-electron chi connectivity index (χ2n) is 4.64. The maximum Gasteiger partial charge on any atom is 0.233 e. The van der Waals surface area contributed by atoms with Gasteiger partial charge in [-0.05, 0) is 34.1 Å². The van der Waals surface area contributed by atoms with Crippen molar-refractivity contribution in [1.82, 2.24) is 10.2 Å². The number of hydrogen-bond acceptors (Lipinski definition) is 4. The SMILES string of the molecule is O=S(=O)(CCN1CCNCC1)Nc1ccc(Br)c(Cl)c1. The number of anilines is 1. The Bertz CT molecular complexity index is 562. The number of nitrogens with zero attached hydrogens (tertiary/aromatic N) is 1. The first-order valence-electron chi connectivity index (χ1n) is 6.35. The summed E-state index contributed by atoms with van der Waals surface area (Å²) in [5.74, 6) is 0.0840. The van der Waals surface area contributed by atoms with E-state index >= 15 is 0 Å². The van der Waals surface area contributed by atoms with Crippen molar-refractivity contribution in [2.75, 3.05) is 43.2 Å². The van der Waals surface area contributed by atoms with Gasteiger partial charge in [0.2, 0.25) is 10.0 Å². The van der Waals surface area contributed by atoms with Crippen LogP contribution in [-0.2, 0) is 10.0 Å². The molecule has 5 nitrogen and oxygen atoms in total. The monoisotopic (exact) mass is 381 g/mol. The predicted octanol–water partition coefficient (Wildman–Crippen LogP) is 1.75. The normalized spacial score (nSPS) is 17.1. The molecular formula is C12H17BrClN3O2S. The van der Waals surface area contributed by atoms with Gasteiger partial charge in [-0.3, -0.25) is 9.62 Å². The lowest BCUT2D eigenvalue weighted by Crippen LogP contribution is -2.45. The van der Waals surface area contributed by atoms with Crippen molar-refractivity contribution in [1.29, 1.82) is 0 Å². The number of sulfonamides is 1. The molecular weight excluding hydrogens is 366 g/mol. The fourth-order valence-electron chi connectivity index (χ4n) is 1.97. The van der Waals surface area contributed by atoms with Crippen LogP contribution >= 0.6 is 27.5 Å². The summed E-state index contributed by atoms with van der Waals surface area (Å²) in [5, 5.41) is 3.72. The Hall–Kier alpha value is -0.340. The second-order valence-corrected chi connectivity index (χ2v) is 7.74. The van der Waals surface area contributed by atoms with E-state index in [2.05, 4.69) is 30.9 Å². The molecule has 1 aromatic carbocycles. The summed E-state index contributed by atoms with van der Waals surface area (Å²) in [4.78, 5) is 2.14. The van der Waals surface area contributed by atoms with Gasteiger partial charge in [0.25, 0.3) is 0 Å². The zero-order valence-electron chi connectivity index (χ0n) is 10.9. The molecule has 112 valence electrons. The summed E-state index contributed by atoms with van der Waals surface area (Å²) in [7, 11) is -3.35. The van der Waals surface area contributed by atoms with Crippen LogP contribution in [0.3, 0.4) is 0 Å². The van der Waals surface area contributed by atoms with Crippen LogP contribution in [0.15, 0.2) is 22.7 Å². The van der Waals surface area contributed by atoms with E-state index in [0.29, 0.717) is 17.3 Å². The topological polar surface area (TPSA) is 61.4 Å². The van der Waals surface area contributed by atoms with Gasteiger partial charge < -0.3 is 5.32 Å². The van der Waals surface area contributed by atoms with E-state index in [1.807, 2.05) is 0 Å². The Labute approximate surface area is 132 Å². The molecule has 2 N–H and O–H groups in total. The number of benzene rings is 1. The lowest BCUT2D eigenvalue weighted by molar-refractivity contribution is 0.254. The number of piperazine rings is 1. The molecule has 0 spiro atoms. The molecule has 0 saturated carbocycles. The van der Waals surface area contributed by atoms with Gasteiger partial charge in [0, 0.05) is 37.2 Å². The highest BCUT2D eigenvalue weighted by Gasteiger charge is 2.15. The molecule has 0 amide bonds. The molecule has 1 aliphatic rings. The highest BCUT2D eigenvalue weighted by molar-refractivity contribution is 9.10. The Morgan fingerprint density at radius 1 is 1.35 bits per heavy atom. The molecule has 1 aliphatic heterocycles. The second kappa shape index (κ2) is 7.09. The van der Waals surface area contributed by atoms with E-state index in [1.165, 1.54) is 0 Å². The number of nitrogens with one attached hydrogen (secondary N) is 2. The van der Waals surface area contributed by atoms with Crippen LogP contribution in [0.2, 0.25) is 5.02 Å². The molecule has 0 aliphatic carbocycles. The highest BCUT2D eigenvalue weighted by Crippen LogP contribution is 2.25.